The zero-order chi connectivity index (χ0) is 11.8. The zero-order valence-corrected chi connectivity index (χ0v) is 9.19. The molecular formula is C10H19NO4. The number of amides is 1. The molecule has 5 nitrogen and oxygen atoms in total. The fourth-order valence-corrected chi connectivity index (χ4v) is 1.07. The van der Waals surface area contributed by atoms with Gasteiger partial charge in [-0.05, 0) is 12.3 Å². The van der Waals surface area contributed by atoms with Crippen molar-refractivity contribution in [2.75, 3.05) is 6.61 Å². The summed E-state index contributed by atoms with van der Waals surface area (Å²) in [4.78, 5) is 21.9. The van der Waals surface area contributed by atoms with Gasteiger partial charge in [0.1, 0.15) is 6.04 Å². The maximum atomic E-state index is 11.3. The second-order valence-electron chi connectivity index (χ2n) is 3.90. The summed E-state index contributed by atoms with van der Waals surface area (Å²) in [6.45, 7) is 3.74. The Hall–Kier alpha value is -1.10. The predicted molar refractivity (Wildman–Crippen MR) is 55.3 cm³/mol. The van der Waals surface area contributed by atoms with Crippen LogP contribution in [-0.4, -0.2) is 34.7 Å². The number of aliphatic hydroxyl groups is 1. The van der Waals surface area contributed by atoms with Gasteiger partial charge < -0.3 is 15.5 Å². The molecule has 0 saturated carbocycles. The van der Waals surface area contributed by atoms with Gasteiger partial charge in [-0.25, -0.2) is 4.79 Å². The van der Waals surface area contributed by atoms with Crippen LogP contribution in [0.2, 0.25) is 0 Å². The fraction of sp³-hybridized carbons (Fsp3) is 0.800. The Balaban J connectivity index is 3.94. The lowest BCUT2D eigenvalue weighted by Gasteiger charge is -2.13. The summed E-state index contributed by atoms with van der Waals surface area (Å²) >= 11 is 0. The number of hydrogen-bond donors (Lipinski definition) is 3. The highest BCUT2D eigenvalue weighted by Crippen LogP contribution is 2.03. The lowest BCUT2D eigenvalue weighted by Crippen LogP contribution is -2.41. The largest absolute Gasteiger partial charge is 0.480 e. The molecule has 0 aromatic heterocycles. The highest BCUT2D eigenvalue weighted by atomic mass is 16.4. The Kier molecular flexibility index (Phi) is 6.70. The van der Waals surface area contributed by atoms with Crippen molar-refractivity contribution in [3.05, 3.63) is 0 Å². The number of nitrogens with one attached hydrogen (secondary N) is 1. The van der Waals surface area contributed by atoms with Gasteiger partial charge in [-0.2, -0.15) is 0 Å². The van der Waals surface area contributed by atoms with Gasteiger partial charge >= 0.3 is 5.97 Å². The maximum absolute atomic E-state index is 11.3. The van der Waals surface area contributed by atoms with E-state index in [1.54, 1.807) is 0 Å². The fourth-order valence-electron chi connectivity index (χ4n) is 1.07. The summed E-state index contributed by atoms with van der Waals surface area (Å²) in [6.07, 6.45) is 1.10. The third-order valence-corrected chi connectivity index (χ3v) is 2.00. The van der Waals surface area contributed by atoms with Crippen LogP contribution in [0, 0.1) is 5.92 Å². The predicted octanol–water partition coefficient (Wildman–Crippen LogP) is 0.374. The first-order valence-corrected chi connectivity index (χ1v) is 5.10. The average Bonchev–Trinajstić information content (AvgIpc) is 2.14. The van der Waals surface area contributed by atoms with Crippen LogP contribution in [0.3, 0.4) is 0 Å². The standard InChI is InChI=1S/C10H19NO4/c1-7(2)3-4-9(13)11-8(5-6-12)10(14)15/h7-8,12H,3-6H2,1-2H3,(H,11,13)(H,14,15). The van der Waals surface area contributed by atoms with E-state index in [1.807, 2.05) is 13.8 Å². The van der Waals surface area contributed by atoms with Crippen LogP contribution in [0.1, 0.15) is 33.1 Å². The molecule has 0 aromatic carbocycles. The van der Waals surface area contributed by atoms with Crippen LogP contribution >= 0.6 is 0 Å². The molecule has 15 heavy (non-hydrogen) atoms. The molecule has 0 fully saturated rings. The molecule has 0 aliphatic rings. The molecule has 0 heterocycles. The summed E-state index contributed by atoms with van der Waals surface area (Å²) < 4.78 is 0. The molecule has 1 unspecified atom stereocenters. The average molecular weight is 217 g/mol. The third kappa shape index (κ3) is 6.90. The van der Waals surface area contributed by atoms with Gasteiger partial charge in [0.15, 0.2) is 0 Å². The van der Waals surface area contributed by atoms with Crippen LogP contribution in [0.15, 0.2) is 0 Å². The van der Waals surface area contributed by atoms with E-state index in [0.717, 1.165) is 6.42 Å². The normalized spacial score (nSPS) is 12.5. The number of aliphatic hydroxyl groups excluding tert-OH is 1. The molecule has 0 aliphatic carbocycles. The van der Waals surface area contributed by atoms with E-state index in [9.17, 15) is 9.59 Å². The van der Waals surface area contributed by atoms with Crippen molar-refractivity contribution in [3.63, 3.8) is 0 Å². The van der Waals surface area contributed by atoms with Crippen molar-refractivity contribution in [3.8, 4) is 0 Å². The number of carboxylic acid groups (broad SMARTS) is 1. The molecular weight excluding hydrogens is 198 g/mol. The van der Waals surface area contributed by atoms with E-state index >= 15 is 0 Å². The van der Waals surface area contributed by atoms with Gasteiger partial charge in [0.2, 0.25) is 5.91 Å². The molecule has 1 amide bonds. The maximum Gasteiger partial charge on any atom is 0.326 e. The Labute approximate surface area is 89.5 Å². The lowest BCUT2D eigenvalue weighted by molar-refractivity contribution is -0.142. The van der Waals surface area contributed by atoms with Crippen LogP contribution in [0.5, 0.6) is 0 Å². The highest BCUT2D eigenvalue weighted by Gasteiger charge is 2.18. The van der Waals surface area contributed by atoms with Crippen LogP contribution in [0.4, 0.5) is 0 Å². The minimum atomic E-state index is -1.11. The summed E-state index contributed by atoms with van der Waals surface area (Å²) in [5.74, 6) is -0.969. The van der Waals surface area contributed by atoms with Gasteiger partial charge in [-0.3, -0.25) is 4.79 Å². The van der Waals surface area contributed by atoms with Gasteiger partial charge in [-0.1, -0.05) is 13.8 Å². The molecule has 0 spiro atoms. The molecule has 0 aromatic rings. The number of hydrogen-bond acceptors (Lipinski definition) is 3. The highest BCUT2D eigenvalue weighted by molar-refractivity contribution is 5.83. The molecule has 0 rings (SSSR count). The Morgan fingerprint density at radius 1 is 1.27 bits per heavy atom. The summed E-state index contributed by atoms with van der Waals surface area (Å²) in [5, 5.41) is 19.7. The smallest absolute Gasteiger partial charge is 0.326 e. The van der Waals surface area contributed by atoms with Crippen molar-refractivity contribution in [1.82, 2.24) is 5.32 Å². The quantitative estimate of drug-likeness (QED) is 0.575. The number of aliphatic carboxylic acids is 1. The molecule has 0 bridgehead atoms. The van der Waals surface area contributed by atoms with Crippen molar-refractivity contribution in [2.45, 2.75) is 39.2 Å². The first kappa shape index (κ1) is 13.9. The van der Waals surface area contributed by atoms with E-state index in [-0.39, 0.29) is 18.9 Å². The van der Waals surface area contributed by atoms with Crippen molar-refractivity contribution in [2.24, 2.45) is 5.92 Å². The SMILES string of the molecule is CC(C)CCC(=O)NC(CCO)C(=O)O. The Morgan fingerprint density at radius 3 is 2.27 bits per heavy atom. The molecule has 0 saturated heterocycles. The lowest BCUT2D eigenvalue weighted by atomic mass is 10.1. The minimum Gasteiger partial charge on any atom is -0.480 e. The van der Waals surface area contributed by atoms with Crippen molar-refractivity contribution >= 4 is 11.9 Å². The van der Waals surface area contributed by atoms with Gasteiger partial charge in [0.25, 0.3) is 0 Å². The second-order valence-corrected chi connectivity index (χ2v) is 3.90. The third-order valence-electron chi connectivity index (χ3n) is 2.00. The van der Waals surface area contributed by atoms with Gasteiger partial charge in [-0.15, -0.1) is 0 Å². The number of rotatable bonds is 7. The molecule has 0 radical (unpaired) electrons. The number of carbonyl (C=O) groups excluding carboxylic acids is 1. The van der Waals surface area contributed by atoms with Crippen LogP contribution in [-0.2, 0) is 9.59 Å². The van der Waals surface area contributed by atoms with Crippen molar-refractivity contribution < 1.29 is 19.8 Å². The van der Waals surface area contributed by atoms with E-state index in [4.69, 9.17) is 10.2 Å². The van der Waals surface area contributed by atoms with E-state index in [0.29, 0.717) is 12.3 Å². The Morgan fingerprint density at radius 2 is 1.87 bits per heavy atom. The first-order chi connectivity index (χ1) is 6.97. The van der Waals surface area contributed by atoms with E-state index < -0.39 is 12.0 Å². The number of carbonyl (C=O) groups is 2. The molecule has 0 aliphatic heterocycles. The van der Waals surface area contributed by atoms with E-state index in [2.05, 4.69) is 5.32 Å². The first-order valence-electron chi connectivity index (χ1n) is 5.10. The zero-order valence-electron chi connectivity index (χ0n) is 9.19. The van der Waals surface area contributed by atoms with Crippen molar-refractivity contribution in [1.29, 1.82) is 0 Å². The minimum absolute atomic E-state index is 0.0444. The van der Waals surface area contributed by atoms with Crippen LogP contribution < -0.4 is 5.32 Å². The topological polar surface area (TPSA) is 86.6 Å². The summed E-state index contributed by atoms with van der Waals surface area (Å²) in [7, 11) is 0. The molecule has 5 heteroatoms. The molecule has 88 valence electrons. The van der Waals surface area contributed by atoms with Gasteiger partial charge in [0.05, 0.1) is 0 Å². The van der Waals surface area contributed by atoms with Crippen LogP contribution in [0.25, 0.3) is 0 Å². The van der Waals surface area contributed by atoms with Gasteiger partial charge in [0, 0.05) is 19.4 Å². The Bertz CT molecular complexity index is 215. The second kappa shape index (κ2) is 7.23. The molecule has 3 N–H and O–H groups in total. The monoisotopic (exact) mass is 217 g/mol. The summed E-state index contributed by atoms with van der Waals surface area (Å²) in [6, 6.07) is -0.977. The number of carboxylic acids is 1. The van der Waals surface area contributed by atoms with E-state index in [1.165, 1.54) is 0 Å². The summed E-state index contributed by atoms with van der Waals surface area (Å²) in [5.41, 5.74) is 0. The molecule has 1 atom stereocenters.